The second kappa shape index (κ2) is 8.74. The monoisotopic (exact) mass is 297 g/mol. The highest BCUT2D eigenvalue weighted by Gasteiger charge is 2.41. The molecule has 1 rings (SSSR count). The number of carbonyl (C=O) groups is 1. The van der Waals surface area contributed by atoms with Crippen LogP contribution in [0.3, 0.4) is 0 Å². The third kappa shape index (κ3) is 4.68. The van der Waals surface area contributed by atoms with Crippen molar-refractivity contribution in [1.82, 2.24) is 15.1 Å². The molecule has 1 aliphatic heterocycles. The molecule has 3 unspecified atom stereocenters. The van der Waals surface area contributed by atoms with Gasteiger partial charge < -0.3 is 9.80 Å². The highest BCUT2D eigenvalue weighted by Crippen LogP contribution is 2.23. The zero-order valence-electron chi connectivity index (χ0n) is 14.9. The highest BCUT2D eigenvalue weighted by molar-refractivity contribution is 5.84. The molecule has 1 saturated heterocycles. The maximum Gasteiger partial charge on any atom is 0.241 e. The summed E-state index contributed by atoms with van der Waals surface area (Å²) in [7, 11) is 0. The van der Waals surface area contributed by atoms with Gasteiger partial charge >= 0.3 is 0 Å². The minimum Gasteiger partial charge on any atom is -0.323 e. The summed E-state index contributed by atoms with van der Waals surface area (Å²) in [6, 6.07) is 0.328. The van der Waals surface area contributed by atoms with Crippen LogP contribution in [0.2, 0.25) is 0 Å². The van der Waals surface area contributed by atoms with Crippen LogP contribution in [0.4, 0.5) is 0 Å². The number of hydrogen-bond acceptors (Lipinski definition) is 3. The van der Waals surface area contributed by atoms with Crippen molar-refractivity contribution in [3.8, 4) is 0 Å². The molecule has 124 valence electrons. The van der Waals surface area contributed by atoms with Gasteiger partial charge in [0.15, 0.2) is 0 Å². The predicted molar refractivity (Wildman–Crippen MR) is 89.2 cm³/mol. The first-order valence-corrected chi connectivity index (χ1v) is 8.76. The summed E-state index contributed by atoms with van der Waals surface area (Å²) < 4.78 is 0. The first kappa shape index (κ1) is 18.4. The molecule has 3 atom stereocenters. The average molecular weight is 297 g/mol. The van der Waals surface area contributed by atoms with Crippen molar-refractivity contribution in [3.05, 3.63) is 0 Å². The fourth-order valence-corrected chi connectivity index (χ4v) is 3.28. The standard InChI is InChI=1S/C17H35N3O/c1-7-15-18-16(13(4)5)17(21)20(15)14(6)11-10-12-19(8-2)9-3/h13-16,18H,7-12H2,1-6H3. The van der Waals surface area contributed by atoms with E-state index in [1.54, 1.807) is 0 Å². The van der Waals surface area contributed by atoms with E-state index in [0.717, 1.165) is 38.9 Å². The lowest BCUT2D eigenvalue weighted by Crippen LogP contribution is -2.43. The van der Waals surface area contributed by atoms with Gasteiger partial charge in [-0.15, -0.1) is 0 Å². The SMILES string of the molecule is CCC1NC(C(C)C)C(=O)N1C(C)CCCN(CC)CC. The molecule has 1 amide bonds. The third-order valence-electron chi connectivity index (χ3n) is 4.75. The Morgan fingerprint density at radius 2 is 1.81 bits per heavy atom. The summed E-state index contributed by atoms with van der Waals surface area (Å²) >= 11 is 0. The van der Waals surface area contributed by atoms with Crippen molar-refractivity contribution in [2.45, 2.75) is 79.1 Å². The zero-order chi connectivity index (χ0) is 16.0. The van der Waals surface area contributed by atoms with Gasteiger partial charge in [0.2, 0.25) is 5.91 Å². The van der Waals surface area contributed by atoms with Gasteiger partial charge in [0, 0.05) is 6.04 Å². The Bertz CT molecular complexity index is 315. The normalized spacial score (nSPS) is 24.4. The van der Waals surface area contributed by atoms with Crippen LogP contribution in [0.25, 0.3) is 0 Å². The van der Waals surface area contributed by atoms with Crippen LogP contribution in [-0.2, 0) is 4.79 Å². The Kier molecular flexibility index (Phi) is 7.67. The molecule has 0 spiro atoms. The molecule has 0 aromatic heterocycles. The predicted octanol–water partition coefficient (Wildman–Crippen LogP) is 2.69. The van der Waals surface area contributed by atoms with E-state index >= 15 is 0 Å². The average Bonchev–Trinajstić information content (AvgIpc) is 2.80. The molecule has 0 aromatic carbocycles. The minimum atomic E-state index is 0.000169. The molecule has 1 heterocycles. The molecule has 0 aromatic rings. The van der Waals surface area contributed by atoms with Gasteiger partial charge in [-0.1, -0.05) is 34.6 Å². The Balaban J connectivity index is 2.55. The lowest BCUT2D eigenvalue weighted by atomic mass is 10.0. The van der Waals surface area contributed by atoms with Gasteiger partial charge in [0.25, 0.3) is 0 Å². The lowest BCUT2D eigenvalue weighted by Gasteiger charge is -2.30. The van der Waals surface area contributed by atoms with Crippen LogP contribution in [0.15, 0.2) is 0 Å². The molecule has 0 saturated carbocycles. The highest BCUT2D eigenvalue weighted by atomic mass is 16.2. The molecule has 4 heteroatoms. The van der Waals surface area contributed by atoms with Crippen LogP contribution in [0, 0.1) is 5.92 Å². The summed E-state index contributed by atoms with van der Waals surface area (Å²) in [5.74, 6) is 0.659. The molecule has 0 radical (unpaired) electrons. The fraction of sp³-hybridized carbons (Fsp3) is 0.941. The van der Waals surface area contributed by atoms with Gasteiger partial charge in [-0.3, -0.25) is 10.1 Å². The van der Waals surface area contributed by atoms with Crippen molar-refractivity contribution in [2.24, 2.45) is 5.92 Å². The molecular formula is C17H35N3O. The zero-order valence-corrected chi connectivity index (χ0v) is 14.9. The first-order chi connectivity index (χ1) is 9.96. The van der Waals surface area contributed by atoms with Crippen LogP contribution in [0.5, 0.6) is 0 Å². The largest absolute Gasteiger partial charge is 0.323 e. The molecule has 4 nitrogen and oxygen atoms in total. The van der Waals surface area contributed by atoms with Crippen molar-refractivity contribution in [1.29, 1.82) is 0 Å². The number of nitrogens with zero attached hydrogens (tertiary/aromatic N) is 2. The Labute approximate surface area is 131 Å². The van der Waals surface area contributed by atoms with Crippen molar-refractivity contribution in [3.63, 3.8) is 0 Å². The Hall–Kier alpha value is -0.610. The summed E-state index contributed by atoms with van der Waals surface area (Å²) in [6.07, 6.45) is 3.45. The van der Waals surface area contributed by atoms with Gasteiger partial charge in [0.1, 0.15) is 0 Å². The first-order valence-electron chi connectivity index (χ1n) is 8.76. The summed E-state index contributed by atoms with van der Waals surface area (Å²) in [4.78, 5) is 17.2. The Morgan fingerprint density at radius 1 is 1.19 bits per heavy atom. The summed E-state index contributed by atoms with van der Waals surface area (Å²) in [5.41, 5.74) is 0. The van der Waals surface area contributed by atoms with Crippen molar-refractivity contribution in [2.75, 3.05) is 19.6 Å². The molecular weight excluding hydrogens is 262 g/mol. The third-order valence-corrected chi connectivity index (χ3v) is 4.75. The van der Waals surface area contributed by atoms with Crippen LogP contribution in [0.1, 0.15) is 60.8 Å². The molecule has 1 fully saturated rings. The summed E-state index contributed by atoms with van der Waals surface area (Å²) in [5, 5.41) is 3.51. The van der Waals surface area contributed by atoms with Crippen molar-refractivity contribution < 1.29 is 4.79 Å². The molecule has 0 aliphatic carbocycles. The van der Waals surface area contributed by atoms with E-state index in [1.165, 1.54) is 0 Å². The topological polar surface area (TPSA) is 35.6 Å². The molecule has 1 N–H and O–H groups in total. The van der Waals surface area contributed by atoms with Crippen LogP contribution in [-0.4, -0.2) is 53.6 Å². The number of rotatable bonds is 9. The van der Waals surface area contributed by atoms with E-state index in [9.17, 15) is 4.79 Å². The van der Waals surface area contributed by atoms with Crippen LogP contribution >= 0.6 is 0 Å². The second-order valence-electron chi connectivity index (χ2n) is 6.58. The minimum absolute atomic E-state index is 0.000169. The van der Waals surface area contributed by atoms with Gasteiger partial charge in [-0.05, 0) is 51.7 Å². The van der Waals surface area contributed by atoms with E-state index in [-0.39, 0.29) is 12.2 Å². The summed E-state index contributed by atoms with van der Waals surface area (Å²) in [6.45, 7) is 16.4. The quantitative estimate of drug-likeness (QED) is 0.711. The van der Waals surface area contributed by atoms with Crippen molar-refractivity contribution >= 4 is 5.91 Å². The fourth-order valence-electron chi connectivity index (χ4n) is 3.28. The van der Waals surface area contributed by atoms with Gasteiger partial charge in [-0.25, -0.2) is 0 Å². The second-order valence-corrected chi connectivity index (χ2v) is 6.58. The van der Waals surface area contributed by atoms with E-state index in [0.29, 0.717) is 17.9 Å². The molecule has 0 bridgehead atoms. The van der Waals surface area contributed by atoms with Crippen LogP contribution < -0.4 is 5.32 Å². The molecule has 21 heavy (non-hydrogen) atoms. The smallest absolute Gasteiger partial charge is 0.241 e. The van der Waals surface area contributed by atoms with Gasteiger partial charge in [-0.2, -0.15) is 0 Å². The number of carbonyl (C=O) groups excluding carboxylic acids is 1. The van der Waals surface area contributed by atoms with E-state index in [2.05, 4.69) is 56.7 Å². The van der Waals surface area contributed by atoms with Gasteiger partial charge in [0.05, 0.1) is 12.2 Å². The maximum absolute atomic E-state index is 12.6. The number of nitrogens with one attached hydrogen (secondary N) is 1. The maximum atomic E-state index is 12.6. The molecule has 1 aliphatic rings. The Morgan fingerprint density at radius 3 is 2.29 bits per heavy atom. The lowest BCUT2D eigenvalue weighted by molar-refractivity contribution is -0.132. The van der Waals surface area contributed by atoms with E-state index in [1.807, 2.05) is 0 Å². The van der Waals surface area contributed by atoms with E-state index < -0.39 is 0 Å². The number of amides is 1. The number of hydrogen-bond donors (Lipinski definition) is 1. The van der Waals surface area contributed by atoms with E-state index in [4.69, 9.17) is 0 Å².